The Hall–Kier alpha value is -0.850. The van der Waals surface area contributed by atoms with Crippen LogP contribution in [0.2, 0.25) is 0 Å². The van der Waals surface area contributed by atoms with Crippen molar-refractivity contribution in [3.05, 3.63) is 0 Å². The number of nitrogens with two attached hydrogens (primary N) is 1. The topological polar surface area (TPSA) is 108 Å². The number of hydrogen-bond acceptors (Lipinski definition) is 4. The van der Waals surface area contributed by atoms with Crippen molar-refractivity contribution in [3.8, 4) is 0 Å². The van der Waals surface area contributed by atoms with Gasteiger partial charge in [-0.1, -0.05) is 32.1 Å². The highest BCUT2D eigenvalue weighted by Crippen LogP contribution is 2.27. The van der Waals surface area contributed by atoms with Crippen LogP contribution in [0.5, 0.6) is 0 Å². The first kappa shape index (κ1) is 18.2. The van der Waals surface area contributed by atoms with Crippen LogP contribution in [-0.4, -0.2) is 47.1 Å². The first-order chi connectivity index (χ1) is 9.90. The van der Waals surface area contributed by atoms with Crippen LogP contribution in [0.4, 0.5) is 4.79 Å². The van der Waals surface area contributed by atoms with Gasteiger partial charge < -0.3 is 26.6 Å². The van der Waals surface area contributed by atoms with E-state index in [1.165, 1.54) is 19.3 Å². The zero-order valence-corrected chi connectivity index (χ0v) is 13.2. The molecule has 0 saturated heterocycles. The minimum absolute atomic E-state index is 0.00190. The smallest absolute Gasteiger partial charge is 0.315 e. The van der Waals surface area contributed by atoms with Gasteiger partial charge in [0.15, 0.2) is 0 Å². The molecule has 6 N–H and O–H groups in total. The lowest BCUT2D eigenvalue weighted by atomic mass is 9.83. The maximum Gasteiger partial charge on any atom is 0.315 e. The quantitative estimate of drug-likeness (QED) is 0.477. The monoisotopic (exact) mass is 301 g/mol. The van der Waals surface area contributed by atoms with E-state index < -0.39 is 18.2 Å². The summed E-state index contributed by atoms with van der Waals surface area (Å²) in [4.78, 5) is 11.4. The summed E-state index contributed by atoms with van der Waals surface area (Å²) < 4.78 is 0. The number of carbonyl (C=O) groups is 1. The fraction of sp³-hybridized carbons (Fsp3) is 0.933. The number of urea groups is 1. The number of nitrogens with one attached hydrogen (secondary N) is 2. The van der Waals surface area contributed by atoms with Gasteiger partial charge in [-0.15, -0.1) is 0 Å². The molecule has 0 unspecified atom stereocenters. The molecule has 6 heteroatoms. The zero-order chi connectivity index (χ0) is 15.8. The summed E-state index contributed by atoms with van der Waals surface area (Å²) in [6.45, 7) is 3.70. The Balaban J connectivity index is 2.28. The van der Waals surface area contributed by atoms with Crippen LogP contribution in [0, 0.1) is 5.92 Å². The van der Waals surface area contributed by atoms with Crippen molar-refractivity contribution in [1.82, 2.24) is 10.6 Å². The van der Waals surface area contributed by atoms with Gasteiger partial charge in [0.05, 0.1) is 12.2 Å². The Morgan fingerprint density at radius 1 is 1.24 bits per heavy atom. The molecule has 1 saturated carbocycles. The van der Waals surface area contributed by atoms with Crippen LogP contribution in [0.3, 0.4) is 0 Å². The second kappa shape index (κ2) is 9.23. The lowest BCUT2D eigenvalue weighted by Crippen LogP contribution is -2.50. The lowest BCUT2D eigenvalue weighted by molar-refractivity contribution is 0.000696. The Morgan fingerprint density at radius 2 is 1.86 bits per heavy atom. The summed E-state index contributed by atoms with van der Waals surface area (Å²) in [6.07, 6.45) is 4.74. The molecule has 0 aromatic carbocycles. The van der Waals surface area contributed by atoms with E-state index in [1.807, 2.05) is 13.8 Å². The van der Waals surface area contributed by atoms with Crippen molar-refractivity contribution in [2.45, 2.75) is 76.7 Å². The highest BCUT2D eigenvalue weighted by Gasteiger charge is 2.27. The van der Waals surface area contributed by atoms with E-state index in [9.17, 15) is 15.0 Å². The number of rotatable bonds is 7. The van der Waals surface area contributed by atoms with E-state index in [-0.39, 0.29) is 18.6 Å². The van der Waals surface area contributed by atoms with Gasteiger partial charge in [0.25, 0.3) is 0 Å². The van der Waals surface area contributed by atoms with Gasteiger partial charge in [0, 0.05) is 18.6 Å². The van der Waals surface area contributed by atoms with Gasteiger partial charge in [-0.25, -0.2) is 4.79 Å². The molecule has 124 valence electrons. The molecule has 0 heterocycles. The summed E-state index contributed by atoms with van der Waals surface area (Å²) in [5.74, 6) is 0.549. The van der Waals surface area contributed by atoms with Crippen LogP contribution in [0.25, 0.3) is 0 Å². The summed E-state index contributed by atoms with van der Waals surface area (Å²) in [5, 5.41) is 25.2. The molecular formula is C15H31N3O3. The highest BCUT2D eigenvalue weighted by molar-refractivity contribution is 5.74. The SMILES string of the molecule is CC(C)NC(=O)NC[C@H](O)[C@H](O)[C@@H](N)CC1CCCCC1. The van der Waals surface area contributed by atoms with Gasteiger partial charge in [0.2, 0.25) is 0 Å². The number of amides is 2. The summed E-state index contributed by atoms with van der Waals surface area (Å²) >= 11 is 0. The van der Waals surface area contributed by atoms with Gasteiger partial charge in [-0.3, -0.25) is 0 Å². The molecule has 1 rings (SSSR count). The molecule has 0 aromatic rings. The largest absolute Gasteiger partial charge is 0.389 e. The maximum absolute atomic E-state index is 11.4. The van der Waals surface area contributed by atoms with Gasteiger partial charge >= 0.3 is 6.03 Å². The molecule has 1 aliphatic rings. The van der Waals surface area contributed by atoms with E-state index in [0.29, 0.717) is 5.92 Å². The predicted octanol–water partition coefficient (Wildman–Crippen LogP) is 0.714. The zero-order valence-electron chi connectivity index (χ0n) is 13.2. The lowest BCUT2D eigenvalue weighted by Gasteiger charge is -2.29. The van der Waals surface area contributed by atoms with Crippen LogP contribution in [0.1, 0.15) is 52.4 Å². The third kappa shape index (κ3) is 7.11. The van der Waals surface area contributed by atoms with Gasteiger partial charge in [-0.05, 0) is 26.2 Å². The van der Waals surface area contributed by atoms with E-state index >= 15 is 0 Å². The molecule has 0 aliphatic heterocycles. The highest BCUT2D eigenvalue weighted by atomic mass is 16.3. The Kier molecular flexibility index (Phi) is 8.00. The van der Waals surface area contributed by atoms with Crippen LogP contribution >= 0.6 is 0 Å². The van der Waals surface area contributed by atoms with Crippen molar-refractivity contribution in [1.29, 1.82) is 0 Å². The first-order valence-corrected chi connectivity index (χ1v) is 8.06. The molecule has 0 spiro atoms. The summed E-state index contributed by atoms with van der Waals surface area (Å²) in [6, 6.07) is -0.768. The predicted molar refractivity (Wildman–Crippen MR) is 82.9 cm³/mol. The van der Waals surface area contributed by atoms with E-state index in [4.69, 9.17) is 5.73 Å². The number of carbonyl (C=O) groups excluding carboxylic acids is 1. The average Bonchev–Trinajstić information content (AvgIpc) is 2.44. The van der Waals surface area contributed by atoms with E-state index in [0.717, 1.165) is 19.3 Å². The minimum atomic E-state index is -1.04. The summed E-state index contributed by atoms with van der Waals surface area (Å²) in [7, 11) is 0. The minimum Gasteiger partial charge on any atom is -0.389 e. The Bertz CT molecular complexity index is 307. The number of aliphatic hydroxyl groups excluding tert-OH is 2. The second-order valence-electron chi connectivity index (χ2n) is 6.47. The van der Waals surface area contributed by atoms with Crippen molar-refractivity contribution >= 4 is 6.03 Å². The fourth-order valence-corrected chi connectivity index (χ4v) is 2.86. The first-order valence-electron chi connectivity index (χ1n) is 8.06. The van der Waals surface area contributed by atoms with Crippen LogP contribution in [0.15, 0.2) is 0 Å². The number of hydrogen-bond donors (Lipinski definition) is 5. The number of aliphatic hydroxyl groups is 2. The fourth-order valence-electron chi connectivity index (χ4n) is 2.86. The average molecular weight is 301 g/mol. The Labute approximate surface area is 127 Å². The van der Waals surface area contributed by atoms with Crippen molar-refractivity contribution in [3.63, 3.8) is 0 Å². The normalized spacial score (nSPS) is 20.9. The molecule has 1 aliphatic carbocycles. The van der Waals surface area contributed by atoms with Crippen LogP contribution < -0.4 is 16.4 Å². The van der Waals surface area contributed by atoms with Gasteiger partial charge in [0.1, 0.15) is 0 Å². The molecule has 0 aromatic heterocycles. The second-order valence-corrected chi connectivity index (χ2v) is 6.47. The third-order valence-electron chi connectivity index (χ3n) is 4.05. The molecule has 1 fully saturated rings. The van der Waals surface area contributed by atoms with Crippen molar-refractivity contribution in [2.24, 2.45) is 11.7 Å². The molecule has 0 radical (unpaired) electrons. The van der Waals surface area contributed by atoms with Gasteiger partial charge in [-0.2, -0.15) is 0 Å². The summed E-state index contributed by atoms with van der Waals surface area (Å²) in [5.41, 5.74) is 6.00. The molecule has 21 heavy (non-hydrogen) atoms. The van der Waals surface area contributed by atoms with E-state index in [2.05, 4.69) is 10.6 Å². The molecular weight excluding hydrogens is 270 g/mol. The van der Waals surface area contributed by atoms with E-state index in [1.54, 1.807) is 0 Å². The molecule has 3 atom stereocenters. The van der Waals surface area contributed by atoms with Crippen molar-refractivity contribution < 1.29 is 15.0 Å². The molecule has 2 amide bonds. The molecule has 6 nitrogen and oxygen atoms in total. The maximum atomic E-state index is 11.4. The molecule has 0 bridgehead atoms. The van der Waals surface area contributed by atoms with Crippen LogP contribution in [-0.2, 0) is 0 Å². The Morgan fingerprint density at radius 3 is 2.43 bits per heavy atom. The standard InChI is InChI=1S/C15H31N3O3/c1-10(2)18-15(21)17-9-13(19)14(20)12(16)8-11-6-4-3-5-7-11/h10-14,19-20H,3-9,16H2,1-2H3,(H2,17,18,21)/t12-,13-,14+/m0/s1. The third-order valence-corrected chi connectivity index (χ3v) is 4.05. The van der Waals surface area contributed by atoms with Crippen molar-refractivity contribution in [2.75, 3.05) is 6.54 Å².